The monoisotopic (exact) mass is 281 g/mol. The smallest absolute Gasteiger partial charge is 0.306 e. The fourth-order valence-electron chi connectivity index (χ4n) is 3.57. The first-order valence-electron chi connectivity index (χ1n) is 8.20. The molecule has 2 atom stereocenters. The third-order valence-electron chi connectivity index (χ3n) is 4.85. The van der Waals surface area contributed by atoms with Crippen molar-refractivity contribution in [2.75, 3.05) is 0 Å². The standard InChI is InChI=1S/C16H27NO3/c18-15(12-7-6-8-13(11-12)16(19)20)17-14-9-4-2-1-3-5-10-14/h12-14H,1-11H2,(H,17,18)(H,19,20). The second-order valence-corrected chi connectivity index (χ2v) is 6.45. The fourth-order valence-corrected chi connectivity index (χ4v) is 3.57. The number of carbonyl (C=O) groups excluding carboxylic acids is 1. The quantitative estimate of drug-likeness (QED) is 0.835. The zero-order valence-corrected chi connectivity index (χ0v) is 12.3. The van der Waals surface area contributed by atoms with E-state index in [2.05, 4.69) is 5.32 Å². The fraction of sp³-hybridized carbons (Fsp3) is 0.875. The molecular weight excluding hydrogens is 254 g/mol. The molecule has 0 aromatic heterocycles. The van der Waals surface area contributed by atoms with E-state index in [1.807, 2.05) is 0 Å². The van der Waals surface area contributed by atoms with E-state index in [9.17, 15) is 9.59 Å². The highest BCUT2D eigenvalue weighted by molar-refractivity contribution is 5.80. The Hall–Kier alpha value is -1.06. The molecule has 1 amide bonds. The van der Waals surface area contributed by atoms with Gasteiger partial charge < -0.3 is 10.4 Å². The van der Waals surface area contributed by atoms with Gasteiger partial charge in [-0.2, -0.15) is 0 Å². The summed E-state index contributed by atoms with van der Waals surface area (Å²) < 4.78 is 0. The van der Waals surface area contributed by atoms with Crippen LogP contribution in [0.25, 0.3) is 0 Å². The normalized spacial score (nSPS) is 29.2. The summed E-state index contributed by atoms with van der Waals surface area (Å²) in [6.07, 6.45) is 11.4. The average Bonchev–Trinajstić information content (AvgIpc) is 2.41. The van der Waals surface area contributed by atoms with Gasteiger partial charge in [-0.1, -0.05) is 38.5 Å². The van der Waals surface area contributed by atoms with Crippen LogP contribution in [-0.4, -0.2) is 23.0 Å². The third kappa shape index (κ3) is 4.50. The summed E-state index contributed by atoms with van der Waals surface area (Å²) in [7, 11) is 0. The van der Waals surface area contributed by atoms with Crippen LogP contribution in [0.1, 0.15) is 70.6 Å². The molecule has 0 aromatic carbocycles. The van der Waals surface area contributed by atoms with Gasteiger partial charge in [-0.05, 0) is 32.1 Å². The predicted octanol–water partition coefficient (Wildman–Crippen LogP) is 3.11. The molecule has 0 heterocycles. The first-order chi connectivity index (χ1) is 9.66. The Bertz CT molecular complexity index is 335. The number of amides is 1. The average molecular weight is 281 g/mol. The number of aliphatic carboxylic acids is 1. The molecule has 0 bridgehead atoms. The lowest BCUT2D eigenvalue weighted by atomic mass is 9.81. The Kier molecular flexibility index (Phi) is 5.86. The van der Waals surface area contributed by atoms with E-state index in [0.717, 1.165) is 32.1 Å². The molecule has 20 heavy (non-hydrogen) atoms. The van der Waals surface area contributed by atoms with Gasteiger partial charge in [-0.3, -0.25) is 9.59 Å². The summed E-state index contributed by atoms with van der Waals surface area (Å²) in [5.41, 5.74) is 0. The van der Waals surface area contributed by atoms with Gasteiger partial charge in [0.2, 0.25) is 5.91 Å². The number of nitrogens with one attached hydrogen (secondary N) is 1. The molecule has 2 aliphatic carbocycles. The van der Waals surface area contributed by atoms with E-state index in [1.165, 1.54) is 32.1 Å². The number of hydrogen-bond acceptors (Lipinski definition) is 2. The molecule has 2 N–H and O–H groups in total. The molecule has 2 rings (SSSR count). The van der Waals surface area contributed by atoms with Crippen LogP contribution in [0.4, 0.5) is 0 Å². The van der Waals surface area contributed by atoms with Crippen LogP contribution in [0.5, 0.6) is 0 Å². The summed E-state index contributed by atoms with van der Waals surface area (Å²) in [6, 6.07) is 0.313. The van der Waals surface area contributed by atoms with Gasteiger partial charge in [0.05, 0.1) is 5.92 Å². The van der Waals surface area contributed by atoms with Crippen LogP contribution < -0.4 is 5.32 Å². The van der Waals surface area contributed by atoms with Crippen molar-refractivity contribution in [3.05, 3.63) is 0 Å². The SMILES string of the molecule is O=C(O)C1CCCC(C(=O)NC2CCCCCCC2)C1. The van der Waals surface area contributed by atoms with Crippen molar-refractivity contribution in [1.29, 1.82) is 0 Å². The van der Waals surface area contributed by atoms with Crippen LogP contribution in [0, 0.1) is 11.8 Å². The second-order valence-electron chi connectivity index (χ2n) is 6.45. The van der Waals surface area contributed by atoms with Crippen molar-refractivity contribution in [2.24, 2.45) is 11.8 Å². The van der Waals surface area contributed by atoms with Gasteiger partial charge >= 0.3 is 5.97 Å². The van der Waals surface area contributed by atoms with Crippen LogP contribution in [-0.2, 0) is 9.59 Å². The molecule has 0 saturated heterocycles. The minimum absolute atomic E-state index is 0.0877. The van der Waals surface area contributed by atoms with Crippen molar-refractivity contribution in [1.82, 2.24) is 5.32 Å². The molecule has 4 nitrogen and oxygen atoms in total. The molecule has 2 aliphatic rings. The lowest BCUT2D eigenvalue weighted by Crippen LogP contribution is -2.41. The van der Waals surface area contributed by atoms with E-state index < -0.39 is 5.97 Å². The second kappa shape index (κ2) is 7.65. The largest absolute Gasteiger partial charge is 0.481 e. The van der Waals surface area contributed by atoms with E-state index in [0.29, 0.717) is 12.5 Å². The topological polar surface area (TPSA) is 66.4 Å². The van der Waals surface area contributed by atoms with Crippen LogP contribution in [0.15, 0.2) is 0 Å². The van der Waals surface area contributed by atoms with E-state index in [1.54, 1.807) is 0 Å². The number of hydrogen-bond donors (Lipinski definition) is 2. The maximum Gasteiger partial charge on any atom is 0.306 e. The summed E-state index contributed by atoms with van der Waals surface area (Å²) in [6.45, 7) is 0. The number of rotatable bonds is 3. The highest BCUT2D eigenvalue weighted by Gasteiger charge is 2.31. The summed E-state index contributed by atoms with van der Waals surface area (Å²) in [5.74, 6) is -1.05. The molecule has 0 radical (unpaired) electrons. The Morgan fingerprint density at radius 3 is 2.05 bits per heavy atom. The van der Waals surface area contributed by atoms with Crippen molar-refractivity contribution in [2.45, 2.75) is 76.7 Å². The van der Waals surface area contributed by atoms with Crippen LogP contribution in [0.3, 0.4) is 0 Å². The van der Waals surface area contributed by atoms with Gasteiger partial charge in [0, 0.05) is 12.0 Å². The third-order valence-corrected chi connectivity index (χ3v) is 4.85. The number of carboxylic acid groups (broad SMARTS) is 1. The molecule has 4 heteroatoms. The van der Waals surface area contributed by atoms with Crippen LogP contribution >= 0.6 is 0 Å². The van der Waals surface area contributed by atoms with Crippen molar-refractivity contribution in [3.63, 3.8) is 0 Å². The van der Waals surface area contributed by atoms with Gasteiger partial charge in [-0.15, -0.1) is 0 Å². The zero-order valence-electron chi connectivity index (χ0n) is 12.3. The van der Waals surface area contributed by atoms with E-state index in [-0.39, 0.29) is 17.7 Å². The molecule has 2 saturated carbocycles. The minimum atomic E-state index is -0.742. The van der Waals surface area contributed by atoms with Gasteiger partial charge in [0.25, 0.3) is 0 Å². The lowest BCUT2D eigenvalue weighted by Gasteiger charge is -2.28. The molecule has 0 aromatic rings. The van der Waals surface area contributed by atoms with Gasteiger partial charge in [0.1, 0.15) is 0 Å². The Morgan fingerprint density at radius 2 is 1.40 bits per heavy atom. The van der Waals surface area contributed by atoms with Crippen molar-refractivity contribution in [3.8, 4) is 0 Å². The molecule has 2 fully saturated rings. The number of carboxylic acids is 1. The molecular formula is C16H27NO3. The highest BCUT2D eigenvalue weighted by atomic mass is 16.4. The molecule has 0 aliphatic heterocycles. The summed E-state index contributed by atoms with van der Waals surface area (Å²) in [4.78, 5) is 23.4. The van der Waals surface area contributed by atoms with Gasteiger partial charge in [0.15, 0.2) is 0 Å². The maximum atomic E-state index is 12.3. The number of carbonyl (C=O) groups is 2. The molecule has 0 spiro atoms. The molecule has 2 unspecified atom stereocenters. The Labute approximate surface area is 121 Å². The Morgan fingerprint density at radius 1 is 0.800 bits per heavy atom. The van der Waals surface area contributed by atoms with Crippen molar-refractivity contribution < 1.29 is 14.7 Å². The maximum absolute atomic E-state index is 12.3. The zero-order chi connectivity index (χ0) is 14.4. The van der Waals surface area contributed by atoms with E-state index in [4.69, 9.17) is 5.11 Å². The van der Waals surface area contributed by atoms with Crippen LogP contribution in [0.2, 0.25) is 0 Å². The first-order valence-corrected chi connectivity index (χ1v) is 8.20. The summed E-state index contributed by atoms with van der Waals surface area (Å²) in [5, 5.41) is 12.3. The Balaban J connectivity index is 1.82. The van der Waals surface area contributed by atoms with Crippen molar-refractivity contribution >= 4 is 11.9 Å². The van der Waals surface area contributed by atoms with Gasteiger partial charge in [-0.25, -0.2) is 0 Å². The predicted molar refractivity (Wildman–Crippen MR) is 77.3 cm³/mol. The molecule has 114 valence electrons. The first kappa shape index (κ1) is 15.3. The minimum Gasteiger partial charge on any atom is -0.481 e. The highest BCUT2D eigenvalue weighted by Crippen LogP contribution is 2.29. The lowest BCUT2D eigenvalue weighted by molar-refractivity contribution is -0.144. The summed E-state index contributed by atoms with van der Waals surface area (Å²) >= 11 is 0. The van der Waals surface area contributed by atoms with E-state index >= 15 is 0 Å².